The largest absolute Gasteiger partial charge is 0.489 e. The van der Waals surface area contributed by atoms with Gasteiger partial charge in [0.1, 0.15) is 12.4 Å². The Kier molecular flexibility index (Phi) is 7.49. The lowest BCUT2D eigenvalue weighted by Crippen LogP contribution is -2.40. The van der Waals surface area contributed by atoms with E-state index in [2.05, 4.69) is 10.3 Å². The average molecular weight is 454 g/mol. The third kappa shape index (κ3) is 5.72. The summed E-state index contributed by atoms with van der Waals surface area (Å²) >= 11 is 0. The number of sulfonamides is 1. The van der Waals surface area contributed by atoms with Crippen molar-refractivity contribution in [3.05, 3.63) is 89.7 Å². The zero-order valence-electron chi connectivity index (χ0n) is 17.8. The van der Waals surface area contributed by atoms with E-state index in [0.717, 1.165) is 22.4 Å². The van der Waals surface area contributed by atoms with Gasteiger partial charge in [-0.3, -0.25) is 4.98 Å². The predicted octanol–water partition coefficient (Wildman–Crippen LogP) is 2.97. The highest BCUT2D eigenvalue weighted by atomic mass is 32.2. The molecular weight excluding hydrogens is 426 g/mol. The van der Waals surface area contributed by atoms with E-state index in [1.54, 1.807) is 24.5 Å². The minimum absolute atomic E-state index is 0.317. The number of rotatable bonds is 9. The van der Waals surface area contributed by atoms with Gasteiger partial charge in [0.2, 0.25) is 10.0 Å². The highest BCUT2D eigenvalue weighted by Crippen LogP contribution is 2.20. The van der Waals surface area contributed by atoms with Gasteiger partial charge in [0.15, 0.2) is 0 Å². The number of para-hydroxylation sites is 1. The molecule has 3 aromatic rings. The van der Waals surface area contributed by atoms with E-state index in [4.69, 9.17) is 9.47 Å². The Morgan fingerprint density at radius 2 is 1.72 bits per heavy atom. The summed E-state index contributed by atoms with van der Waals surface area (Å²) in [6.45, 7) is 3.39. The van der Waals surface area contributed by atoms with Crippen LogP contribution in [0, 0.1) is 0 Å². The molecule has 7 nitrogen and oxygen atoms in total. The molecule has 1 fully saturated rings. The number of nitrogens with one attached hydrogen (secondary N) is 1. The molecule has 0 amide bonds. The maximum Gasteiger partial charge on any atom is 0.243 e. The van der Waals surface area contributed by atoms with Crippen LogP contribution in [0.4, 0.5) is 0 Å². The van der Waals surface area contributed by atoms with Crippen molar-refractivity contribution in [1.29, 1.82) is 0 Å². The molecule has 2 heterocycles. The second kappa shape index (κ2) is 10.7. The van der Waals surface area contributed by atoms with Gasteiger partial charge in [0, 0.05) is 49.7 Å². The first-order valence-electron chi connectivity index (χ1n) is 10.6. The molecule has 0 aliphatic carbocycles. The number of pyridine rings is 1. The van der Waals surface area contributed by atoms with Gasteiger partial charge < -0.3 is 14.8 Å². The van der Waals surface area contributed by atoms with Crippen molar-refractivity contribution in [1.82, 2.24) is 14.6 Å². The van der Waals surface area contributed by atoms with Crippen LogP contribution in [0.25, 0.3) is 0 Å². The lowest BCUT2D eigenvalue weighted by atomic mass is 10.2. The molecule has 2 aromatic carbocycles. The van der Waals surface area contributed by atoms with Crippen LogP contribution >= 0.6 is 0 Å². The van der Waals surface area contributed by atoms with Crippen molar-refractivity contribution in [2.45, 2.75) is 24.6 Å². The van der Waals surface area contributed by atoms with Crippen LogP contribution in [-0.2, 0) is 34.5 Å². The van der Waals surface area contributed by atoms with Crippen LogP contribution in [-0.4, -0.2) is 44.0 Å². The molecule has 0 unspecified atom stereocenters. The number of benzene rings is 2. The van der Waals surface area contributed by atoms with Crippen molar-refractivity contribution >= 4 is 10.0 Å². The Morgan fingerprint density at radius 1 is 0.938 bits per heavy atom. The molecule has 0 spiro atoms. The second-order valence-electron chi connectivity index (χ2n) is 7.52. The smallest absolute Gasteiger partial charge is 0.243 e. The van der Waals surface area contributed by atoms with Crippen LogP contribution in [0.3, 0.4) is 0 Å². The lowest BCUT2D eigenvalue weighted by molar-refractivity contribution is 0.0730. The summed E-state index contributed by atoms with van der Waals surface area (Å²) in [6.07, 6.45) is 3.54. The molecule has 0 bridgehead atoms. The summed E-state index contributed by atoms with van der Waals surface area (Å²) in [5.74, 6) is 0.829. The normalized spacial score (nSPS) is 14.9. The molecule has 1 saturated heterocycles. The molecule has 1 aliphatic rings. The number of hydrogen-bond donors (Lipinski definition) is 1. The number of nitrogens with zero attached hydrogens (tertiary/aromatic N) is 2. The first-order valence-corrected chi connectivity index (χ1v) is 12.0. The zero-order valence-corrected chi connectivity index (χ0v) is 18.6. The maximum atomic E-state index is 12.7. The molecule has 32 heavy (non-hydrogen) atoms. The summed E-state index contributed by atoms with van der Waals surface area (Å²) < 4.78 is 38.2. The summed E-state index contributed by atoms with van der Waals surface area (Å²) in [5.41, 5.74) is 3.09. The first-order chi connectivity index (χ1) is 15.6. The number of aromatic nitrogens is 1. The van der Waals surface area contributed by atoms with Gasteiger partial charge in [-0.05, 0) is 29.8 Å². The van der Waals surface area contributed by atoms with Crippen LogP contribution in [0.15, 0.2) is 78.0 Å². The highest BCUT2D eigenvalue weighted by Gasteiger charge is 2.26. The van der Waals surface area contributed by atoms with Gasteiger partial charge in [0.05, 0.1) is 18.1 Å². The van der Waals surface area contributed by atoms with Crippen molar-refractivity contribution < 1.29 is 17.9 Å². The van der Waals surface area contributed by atoms with Crippen LogP contribution < -0.4 is 10.1 Å². The van der Waals surface area contributed by atoms with Gasteiger partial charge in [-0.25, -0.2) is 8.42 Å². The summed E-state index contributed by atoms with van der Waals surface area (Å²) in [5, 5.41) is 3.41. The molecular formula is C24H27N3O4S. The van der Waals surface area contributed by atoms with Gasteiger partial charge in [0.25, 0.3) is 0 Å². The van der Waals surface area contributed by atoms with Crippen molar-refractivity contribution in [3.63, 3.8) is 0 Å². The molecule has 168 valence electrons. The number of hydrogen-bond acceptors (Lipinski definition) is 6. The highest BCUT2D eigenvalue weighted by molar-refractivity contribution is 7.89. The van der Waals surface area contributed by atoms with Gasteiger partial charge >= 0.3 is 0 Å². The van der Waals surface area contributed by atoms with Gasteiger partial charge in [-0.2, -0.15) is 4.31 Å². The fourth-order valence-corrected chi connectivity index (χ4v) is 4.90. The van der Waals surface area contributed by atoms with E-state index in [-0.39, 0.29) is 0 Å². The quantitative estimate of drug-likeness (QED) is 0.537. The Morgan fingerprint density at radius 3 is 2.47 bits per heavy atom. The standard InChI is InChI=1S/C24H27N3O4S/c28-32(29,27-12-14-30-15-13-27)23-9-7-20(8-10-23)16-26-18-22-5-1-2-6-24(22)31-19-21-4-3-11-25-17-21/h1-11,17,26H,12-16,18-19H2. The summed E-state index contributed by atoms with van der Waals surface area (Å²) in [4.78, 5) is 4.43. The van der Waals surface area contributed by atoms with E-state index in [1.165, 1.54) is 4.31 Å². The molecule has 4 rings (SSSR count). The zero-order chi connectivity index (χ0) is 22.2. The Labute approximate surface area is 189 Å². The molecule has 1 aromatic heterocycles. The number of ether oxygens (including phenoxy) is 2. The molecule has 0 radical (unpaired) electrons. The van der Waals surface area contributed by atoms with Crippen molar-refractivity contribution in [2.24, 2.45) is 0 Å². The fraction of sp³-hybridized carbons (Fsp3) is 0.292. The fourth-order valence-electron chi connectivity index (χ4n) is 3.49. The average Bonchev–Trinajstić information content (AvgIpc) is 2.85. The topological polar surface area (TPSA) is 80.8 Å². The van der Waals surface area contributed by atoms with Gasteiger partial charge in [-0.1, -0.05) is 36.4 Å². The molecule has 8 heteroatoms. The molecule has 0 saturated carbocycles. The molecule has 1 N–H and O–H groups in total. The van der Waals surface area contributed by atoms with Gasteiger partial charge in [-0.15, -0.1) is 0 Å². The first kappa shape index (κ1) is 22.4. The van der Waals surface area contributed by atoms with E-state index < -0.39 is 10.0 Å². The summed E-state index contributed by atoms with van der Waals surface area (Å²) in [6, 6.07) is 18.9. The minimum Gasteiger partial charge on any atom is -0.489 e. The third-order valence-corrected chi connectivity index (χ3v) is 7.18. The minimum atomic E-state index is -3.47. The second-order valence-corrected chi connectivity index (χ2v) is 9.46. The van der Waals surface area contributed by atoms with E-state index in [1.807, 2.05) is 48.5 Å². The van der Waals surface area contributed by atoms with Crippen LogP contribution in [0.1, 0.15) is 16.7 Å². The predicted molar refractivity (Wildman–Crippen MR) is 122 cm³/mol. The molecule has 0 atom stereocenters. The van der Waals surface area contributed by atoms with E-state index >= 15 is 0 Å². The monoisotopic (exact) mass is 453 g/mol. The van der Waals surface area contributed by atoms with E-state index in [9.17, 15) is 8.42 Å². The van der Waals surface area contributed by atoms with E-state index in [0.29, 0.717) is 50.9 Å². The van der Waals surface area contributed by atoms with Crippen LogP contribution in [0.5, 0.6) is 5.75 Å². The molecule has 1 aliphatic heterocycles. The summed E-state index contributed by atoms with van der Waals surface area (Å²) in [7, 11) is -3.47. The Bertz CT molecular complexity index is 1100. The Hall–Kier alpha value is -2.78. The number of morpholine rings is 1. The van der Waals surface area contributed by atoms with Crippen LogP contribution in [0.2, 0.25) is 0 Å². The maximum absolute atomic E-state index is 12.7. The Balaban J connectivity index is 1.32. The van der Waals surface area contributed by atoms with Crippen molar-refractivity contribution in [2.75, 3.05) is 26.3 Å². The van der Waals surface area contributed by atoms with Crippen molar-refractivity contribution in [3.8, 4) is 5.75 Å². The SMILES string of the molecule is O=S(=O)(c1ccc(CNCc2ccccc2OCc2cccnc2)cc1)N1CCOCC1. The third-order valence-electron chi connectivity index (χ3n) is 5.27. The lowest BCUT2D eigenvalue weighted by Gasteiger charge is -2.26.